The van der Waals surface area contributed by atoms with Gasteiger partial charge in [0.1, 0.15) is 16.9 Å². The number of esters is 1. The van der Waals surface area contributed by atoms with Gasteiger partial charge in [0, 0.05) is 6.54 Å². The highest BCUT2D eigenvalue weighted by atomic mass is 16.6. The molecule has 1 aromatic carbocycles. The lowest BCUT2D eigenvalue weighted by molar-refractivity contribution is 0.00668. The molecule has 0 aromatic heterocycles. The van der Waals surface area contributed by atoms with E-state index in [4.69, 9.17) is 10.5 Å². The zero-order valence-electron chi connectivity index (χ0n) is 9.78. The molecule has 0 heterocycles. The predicted molar refractivity (Wildman–Crippen MR) is 61.2 cm³/mol. The number of carbonyl (C=O) groups is 1. The average molecular weight is 223 g/mol. The molecule has 0 spiro atoms. The second-order valence-corrected chi connectivity index (χ2v) is 4.56. The molecule has 0 radical (unpaired) electrons. The van der Waals surface area contributed by atoms with Crippen LogP contribution in [0.4, 0.5) is 0 Å². The van der Waals surface area contributed by atoms with E-state index in [9.17, 15) is 9.90 Å². The molecule has 0 aliphatic carbocycles. The van der Waals surface area contributed by atoms with E-state index >= 15 is 0 Å². The zero-order chi connectivity index (χ0) is 12.3. The standard InChI is InChI=1S/C12H17NO3/c1-12(2,3)16-11(15)9-5-4-8(7-13)6-10(9)14/h4-6,14H,7,13H2,1-3H3. The van der Waals surface area contributed by atoms with Gasteiger partial charge in [0.05, 0.1) is 0 Å². The van der Waals surface area contributed by atoms with Crippen molar-refractivity contribution in [2.75, 3.05) is 0 Å². The largest absolute Gasteiger partial charge is 0.507 e. The van der Waals surface area contributed by atoms with E-state index in [2.05, 4.69) is 0 Å². The smallest absolute Gasteiger partial charge is 0.342 e. The Labute approximate surface area is 95.0 Å². The molecule has 3 N–H and O–H groups in total. The number of ether oxygens (including phenoxy) is 1. The first-order valence-corrected chi connectivity index (χ1v) is 5.09. The fourth-order valence-corrected chi connectivity index (χ4v) is 1.21. The molecular weight excluding hydrogens is 206 g/mol. The first-order valence-electron chi connectivity index (χ1n) is 5.09. The van der Waals surface area contributed by atoms with Gasteiger partial charge in [-0.3, -0.25) is 0 Å². The molecule has 0 saturated heterocycles. The number of nitrogens with two attached hydrogens (primary N) is 1. The monoisotopic (exact) mass is 223 g/mol. The summed E-state index contributed by atoms with van der Waals surface area (Å²) in [6.07, 6.45) is 0. The fourth-order valence-electron chi connectivity index (χ4n) is 1.21. The summed E-state index contributed by atoms with van der Waals surface area (Å²) in [5.41, 5.74) is 5.77. The Hall–Kier alpha value is -1.55. The lowest BCUT2D eigenvalue weighted by Gasteiger charge is -2.19. The molecule has 1 rings (SSSR count). The molecule has 0 aliphatic rings. The number of hydrogen-bond donors (Lipinski definition) is 2. The van der Waals surface area contributed by atoms with Crippen LogP contribution in [0.15, 0.2) is 18.2 Å². The summed E-state index contributed by atoms with van der Waals surface area (Å²) in [5.74, 6) is -0.634. The van der Waals surface area contributed by atoms with Crippen LogP contribution < -0.4 is 5.73 Å². The predicted octanol–water partition coefficient (Wildman–Crippen LogP) is 1.81. The van der Waals surface area contributed by atoms with E-state index in [-0.39, 0.29) is 11.3 Å². The minimum absolute atomic E-state index is 0.0998. The van der Waals surface area contributed by atoms with Gasteiger partial charge in [-0.2, -0.15) is 0 Å². The van der Waals surface area contributed by atoms with Gasteiger partial charge in [-0.05, 0) is 38.5 Å². The number of hydrogen-bond acceptors (Lipinski definition) is 4. The minimum atomic E-state index is -0.573. The first-order chi connectivity index (χ1) is 7.33. The summed E-state index contributed by atoms with van der Waals surface area (Å²) in [7, 11) is 0. The molecular formula is C12H17NO3. The molecule has 16 heavy (non-hydrogen) atoms. The van der Waals surface area contributed by atoms with Crippen LogP contribution in [0.25, 0.3) is 0 Å². The van der Waals surface area contributed by atoms with Crippen molar-refractivity contribution < 1.29 is 14.6 Å². The molecule has 0 unspecified atom stereocenters. The highest BCUT2D eigenvalue weighted by Crippen LogP contribution is 2.21. The molecule has 1 aromatic rings. The Morgan fingerprint density at radius 1 is 1.44 bits per heavy atom. The zero-order valence-corrected chi connectivity index (χ0v) is 9.78. The van der Waals surface area contributed by atoms with Crippen LogP contribution in [-0.2, 0) is 11.3 Å². The van der Waals surface area contributed by atoms with Crippen LogP contribution in [0, 0.1) is 0 Å². The molecule has 0 aliphatic heterocycles. The number of phenolic OH excluding ortho intramolecular Hbond substituents is 1. The van der Waals surface area contributed by atoms with Gasteiger partial charge < -0.3 is 15.6 Å². The van der Waals surface area contributed by atoms with Crippen LogP contribution in [-0.4, -0.2) is 16.7 Å². The Kier molecular flexibility index (Phi) is 3.55. The van der Waals surface area contributed by atoms with Crippen molar-refractivity contribution >= 4 is 5.97 Å². The minimum Gasteiger partial charge on any atom is -0.507 e. The van der Waals surface area contributed by atoms with Crippen LogP contribution in [0.5, 0.6) is 5.75 Å². The number of aromatic hydroxyl groups is 1. The van der Waals surface area contributed by atoms with E-state index in [1.165, 1.54) is 12.1 Å². The van der Waals surface area contributed by atoms with E-state index in [0.29, 0.717) is 6.54 Å². The lowest BCUT2D eigenvalue weighted by Crippen LogP contribution is -2.24. The summed E-state index contributed by atoms with van der Waals surface area (Å²) >= 11 is 0. The van der Waals surface area contributed by atoms with Crippen molar-refractivity contribution in [2.45, 2.75) is 32.9 Å². The highest BCUT2D eigenvalue weighted by molar-refractivity contribution is 5.92. The average Bonchev–Trinajstić information content (AvgIpc) is 2.14. The second-order valence-electron chi connectivity index (χ2n) is 4.56. The Bertz CT molecular complexity index is 394. The maximum absolute atomic E-state index is 11.7. The molecule has 4 nitrogen and oxygen atoms in total. The van der Waals surface area contributed by atoms with Crippen molar-refractivity contribution in [3.05, 3.63) is 29.3 Å². The van der Waals surface area contributed by atoms with Crippen LogP contribution in [0.2, 0.25) is 0 Å². The molecule has 0 bridgehead atoms. The number of carbonyl (C=O) groups excluding carboxylic acids is 1. The van der Waals surface area contributed by atoms with E-state index in [1.807, 2.05) is 0 Å². The number of phenols is 1. The van der Waals surface area contributed by atoms with Crippen molar-refractivity contribution in [1.82, 2.24) is 0 Å². The third kappa shape index (κ3) is 3.24. The Balaban J connectivity index is 2.93. The van der Waals surface area contributed by atoms with Crippen LogP contribution in [0.3, 0.4) is 0 Å². The van der Waals surface area contributed by atoms with Gasteiger partial charge in [-0.15, -0.1) is 0 Å². The third-order valence-corrected chi connectivity index (χ3v) is 1.92. The maximum Gasteiger partial charge on any atom is 0.342 e. The van der Waals surface area contributed by atoms with Crippen LogP contribution >= 0.6 is 0 Å². The van der Waals surface area contributed by atoms with Crippen molar-refractivity contribution in [3.8, 4) is 5.75 Å². The molecule has 0 fully saturated rings. The van der Waals surface area contributed by atoms with Gasteiger partial charge >= 0.3 is 5.97 Å². The first kappa shape index (κ1) is 12.5. The van der Waals surface area contributed by atoms with Gasteiger partial charge in [-0.25, -0.2) is 4.79 Å². The second kappa shape index (κ2) is 4.53. The fraction of sp³-hybridized carbons (Fsp3) is 0.417. The van der Waals surface area contributed by atoms with Gasteiger partial charge in [0.25, 0.3) is 0 Å². The topological polar surface area (TPSA) is 72.5 Å². The Morgan fingerprint density at radius 2 is 2.06 bits per heavy atom. The summed E-state index contributed by atoms with van der Waals surface area (Å²) in [6, 6.07) is 4.68. The van der Waals surface area contributed by atoms with Gasteiger partial charge in [0.2, 0.25) is 0 Å². The molecule has 0 saturated carbocycles. The number of benzene rings is 1. The summed E-state index contributed by atoms with van der Waals surface area (Å²) in [4.78, 5) is 11.7. The number of rotatable bonds is 2. The van der Waals surface area contributed by atoms with Crippen LogP contribution in [0.1, 0.15) is 36.7 Å². The van der Waals surface area contributed by atoms with Crippen molar-refractivity contribution in [1.29, 1.82) is 0 Å². The SMILES string of the molecule is CC(C)(C)OC(=O)c1ccc(CN)cc1O. The third-order valence-electron chi connectivity index (χ3n) is 1.92. The lowest BCUT2D eigenvalue weighted by atomic mass is 10.1. The van der Waals surface area contributed by atoms with Crippen molar-refractivity contribution in [3.63, 3.8) is 0 Å². The molecule has 88 valence electrons. The molecule has 0 atom stereocenters. The van der Waals surface area contributed by atoms with E-state index in [1.54, 1.807) is 26.8 Å². The van der Waals surface area contributed by atoms with E-state index in [0.717, 1.165) is 5.56 Å². The quantitative estimate of drug-likeness (QED) is 0.750. The normalized spacial score (nSPS) is 11.2. The van der Waals surface area contributed by atoms with Gasteiger partial charge in [-0.1, -0.05) is 6.07 Å². The van der Waals surface area contributed by atoms with E-state index < -0.39 is 11.6 Å². The summed E-state index contributed by atoms with van der Waals surface area (Å²) < 4.78 is 5.15. The summed E-state index contributed by atoms with van der Waals surface area (Å²) in [5, 5.41) is 9.63. The maximum atomic E-state index is 11.7. The van der Waals surface area contributed by atoms with Crippen molar-refractivity contribution in [2.24, 2.45) is 5.73 Å². The Morgan fingerprint density at radius 3 is 2.50 bits per heavy atom. The molecule has 4 heteroatoms. The summed E-state index contributed by atoms with van der Waals surface area (Å²) in [6.45, 7) is 5.64. The highest BCUT2D eigenvalue weighted by Gasteiger charge is 2.20. The molecule has 0 amide bonds. The van der Waals surface area contributed by atoms with Gasteiger partial charge in [0.15, 0.2) is 0 Å².